The largest absolute Gasteiger partial charge is 0.458 e. The molecule has 2 nitrogen and oxygen atoms in total. The van der Waals surface area contributed by atoms with Gasteiger partial charge in [0.2, 0.25) is 0 Å². The summed E-state index contributed by atoms with van der Waals surface area (Å²) in [4.78, 5) is 10.5. The number of hydrogen-bond acceptors (Lipinski definition) is 2. The molecule has 10 heavy (non-hydrogen) atoms. The fourth-order valence-corrected chi connectivity index (χ4v) is 0.733. The lowest BCUT2D eigenvalue weighted by Crippen LogP contribution is -2.15. The Labute approximate surface area is 61.9 Å². The molecule has 0 rings (SSSR count). The lowest BCUT2D eigenvalue weighted by molar-refractivity contribution is -0.144. The number of rotatable bonds is 3. The summed E-state index contributed by atoms with van der Waals surface area (Å²) in [5.74, 6) is -0.241. The lowest BCUT2D eigenvalue weighted by Gasteiger charge is -2.13. The van der Waals surface area contributed by atoms with E-state index in [2.05, 4.69) is 6.58 Å². The monoisotopic (exact) mass is 142 g/mol. The van der Waals surface area contributed by atoms with Crippen molar-refractivity contribution in [3.05, 3.63) is 12.2 Å². The first-order valence-corrected chi connectivity index (χ1v) is 3.40. The van der Waals surface area contributed by atoms with Gasteiger partial charge < -0.3 is 4.74 Å². The van der Waals surface area contributed by atoms with Gasteiger partial charge in [-0.25, -0.2) is 0 Å². The fourth-order valence-electron chi connectivity index (χ4n) is 0.733. The first-order chi connectivity index (χ1) is 4.57. The second-order valence-corrected chi connectivity index (χ2v) is 2.35. The molecule has 58 valence electrons. The summed E-state index contributed by atoms with van der Waals surface area (Å²) in [5.41, 5.74) is 0.901. The second-order valence-electron chi connectivity index (χ2n) is 2.35. The van der Waals surface area contributed by atoms with Gasteiger partial charge in [-0.15, -0.1) is 0 Å². The van der Waals surface area contributed by atoms with E-state index >= 15 is 0 Å². The molecule has 1 atom stereocenters. The lowest BCUT2D eigenvalue weighted by atomic mass is 10.1. The summed E-state index contributed by atoms with van der Waals surface area (Å²) in [5, 5.41) is 0. The molecule has 2 heteroatoms. The summed E-state index contributed by atoms with van der Waals surface area (Å²) in [6.07, 6.45) is 0.701. The molecule has 0 heterocycles. The van der Waals surface area contributed by atoms with E-state index in [0.717, 1.165) is 12.0 Å². The molecule has 0 N–H and O–H groups in total. The van der Waals surface area contributed by atoms with Gasteiger partial charge >= 0.3 is 5.97 Å². The van der Waals surface area contributed by atoms with E-state index in [1.807, 2.05) is 13.8 Å². The molecular weight excluding hydrogens is 128 g/mol. The van der Waals surface area contributed by atoms with Crippen LogP contribution in [0.4, 0.5) is 0 Å². The minimum absolute atomic E-state index is 0.0995. The number of carbonyl (C=O) groups is 1. The maximum absolute atomic E-state index is 10.5. The summed E-state index contributed by atoms with van der Waals surface area (Å²) in [7, 11) is 0. The number of carbonyl (C=O) groups excluding carboxylic acids is 1. The maximum Gasteiger partial charge on any atom is 0.303 e. The van der Waals surface area contributed by atoms with Gasteiger partial charge in [0.05, 0.1) is 0 Å². The first-order valence-electron chi connectivity index (χ1n) is 3.40. The maximum atomic E-state index is 10.5. The van der Waals surface area contributed by atoms with Crippen LogP contribution >= 0.6 is 0 Å². The third-order valence-electron chi connectivity index (χ3n) is 1.23. The fraction of sp³-hybridized carbons (Fsp3) is 0.625. The van der Waals surface area contributed by atoms with Crippen LogP contribution in [0.2, 0.25) is 0 Å². The van der Waals surface area contributed by atoms with Crippen molar-refractivity contribution < 1.29 is 9.53 Å². The molecule has 0 aliphatic heterocycles. The van der Waals surface area contributed by atoms with Crippen LogP contribution in [0.1, 0.15) is 27.2 Å². The normalized spacial score (nSPS) is 12.3. The van der Waals surface area contributed by atoms with Crippen molar-refractivity contribution in [1.29, 1.82) is 0 Å². The van der Waals surface area contributed by atoms with E-state index < -0.39 is 0 Å². The Kier molecular flexibility index (Phi) is 3.77. The predicted octanol–water partition coefficient (Wildman–Crippen LogP) is 1.90. The summed E-state index contributed by atoms with van der Waals surface area (Å²) < 4.78 is 4.92. The topological polar surface area (TPSA) is 26.3 Å². The molecule has 0 aromatic heterocycles. The first kappa shape index (κ1) is 9.21. The summed E-state index contributed by atoms with van der Waals surface area (Å²) in [6, 6.07) is 0. The zero-order valence-electron chi connectivity index (χ0n) is 6.81. The van der Waals surface area contributed by atoms with Gasteiger partial charge in [-0.2, -0.15) is 0 Å². The molecule has 0 amide bonds. The molecule has 0 fully saturated rings. The molecule has 0 saturated carbocycles. The zero-order chi connectivity index (χ0) is 8.15. The van der Waals surface area contributed by atoms with Crippen molar-refractivity contribution in [2.24, 2.45) is 0 Å². The molecular formula is C8H14O2. The molecule has 0 saturated heterocycles. The van der Waals surface area contributed by atoms with Crippen LogP contribution < -0.4 is 0 Å². The molecule has 0 spiro atoms. The molecule has 0 aliphatic carbocycles. The Balaban J connectivity index is 3.83. The summed E-state index contributed by atoms with van der Waals surface area (Å²) in [6.45, 7) is 8.93. The molecule has 0 bridgehead atoms. The average molecular weight is 142 g/mol. The van der Waals surface area contributed by atoms with Gasteiger partial charge in [0.15, 0.2) is 0 Å². The SMILES string of the molecule is C=C(C)[C@@H](CC)OC(C)=O. The van der Waals surface area contributed by atoms with Gasteiger partial charge in [0.1, 0.15) is 6.10 Å². The third-order valence-corrected chi connectivity index (χ3v) is 1.23. The molecule has 0 unspecified atom stereocenters. The number of hydrogen-bond donors (Lipinski definition) is 0. The van der Waals surface area contributed by atoms with Gasteiger partial charge in [0.25, 0.3) is 0 Å². The average Bonchev–Trinajstić information content (AvgIpc) is 1.81. The highest BCUT2D eigenvalue weighted by atomic mass is 16.5. The van der Waals surface area contributed by atoms with E-state index in [4.69, 9.17) is 4.74 Å². The van der Waals surface area contributed by atoms with Crippen LogP contribution in [0, 0.1) is 0 Å². The molecule has 0 aliphatic rings. The highest BCUT2D eigenvalue weighted by molar-refractivity contribution is 5.66. The quantitative estimate of drug-likeness (QED) is 0.444. The molecule has 0 radical (unpaired) electrons. The van der Waals surface area contributed by atoms with Gasteiger partial charge in [-0.05, 0) is 18.9 Å². The van der Waals surface area contributed by atoms with Gasteiger partial charge in [0, 0.05) is 6.92 Å². The zero-order valence-corrected chi connectivity index (χ0v) is 6.81. The van der Waals surface area contributed by atoms with Crippen LogP contribution in [0.3, 0.4) is 0 Å². The highest BCUT2D eigenvalue weighted by Gasteiger charge is 2.08. The van der Waals surface area contributed by atoms with Crippen molar-refractivity contribution >= 4 is 5.97 Å². The van der Waals surface area contributed by atoms with Crippen LogP contribution in [0.25, 0.3) is 0 Å². The standard InChI is InChI=1S/C8H14O2/c1-5-8(6(2)3)10-7(4)9/h8H,2,5H2,1,3-4H3/t8-/m1/s1. The van der Waals surface area contributed by atoms with Crippen molar-refractivity contribution in [2.45, 2.75) is 33.3 Å². The van der Waals surface area contributed by atoms with Crippen LogP contribution in [-0.2, 0) is 9.53 Å². The van der Waals surface area contributed by atoms with Crippen molar-refractivity contribution in [2.75, 3.05) is 0 Å². The smallest absolute Gasteiger partial charge is 0.303 e. The van der Waals surface area contributed by atoms with Gasteiger partial charge in [-0.1, -0.05) is 13.5 Å². The Bertz CT molecular complexity index is 138. The minimum Gasteiger partial charge on any atom is -0.458 e. The minimum atomic E-state index is -0.241. The Hall–Kier alpha value is -0.790. The van der Waals surface area contributed by atoms with E-state index in [0.29, 0.717) is 0 Å². The van der Waals surface area contributed by atoms with E-state index in [1.165, 1.54) is 6.92 Å². The van der Waals surface area contributed by atoms with Crippen molar-refractivity contribution in [1.82, 2.24) is 0 Å². The molecule has 0 aromatic rings. The third kappa shape index (κ3) is 3.28. The Morgan fingerprint density at radius 3 is 2.20 bits per heavy atom. The molecule has 0 aromatic carbocycles. The van der Waals surface area contributed by atoms with Crippen LogP contribution in [-0.4, -0.2) is 12.1 Å². The number of esters is 1. The van der Waals surface area contributed by atoms with E-state index in [-0.39, 0.29) is 12.1 Å². The summed E-state index contributed by atoms with van der Waals surface area (Å²) >= 11 is 0. The van der Waals surface area contributed by atoms with Crippen LogP contribution in [0.5, 0.6) is 0 Å². The Morgan fingerprint density at radius 1 is 1.60 bits per heavy atom. The van der Waals surface area contributed by atoms with E-state index in [1.54, 1.807) is 0 Å². The van der Waals surface area contributed by atoms with E-state index in [9.17, 15) is 4.79 Å². The van der Waals surface area contributed by atoms with Gasteiger partial charge in [-0.3, -0.25) is 4.79 Å². The number of ether oxygens (including phenoxy) is 1. The Morgan fingerprint density at radius 2 is 2.10 bits per heavy atom. The van der Waals surface area contributed by atoms with Crippen molar-refractivity contribution in [3.8, 4) is 0 Å². The highest BCUT2D eigenvalue weighted by Crippen LogP contribution is 2.07. The predicted molar refractivity (Wildman–Crippen MR) is 40.7 cm³/mol. The van der Waals surface area contributed by atoms with Crippen molar-refractivity contribution in [3.63, 3.8) is 0 Å². The second kappa shape index (κ2) is 4.09. The van der Waals surface area contributed by atoms with Crippen LogP contribution in [0.15, 0.2) is 12.2 Å².